The molecule has 108 valence electrons. The van der Waals surface area contributed by atoms with E-state index in [-0.39, 0.29) is 18.4 Å². The van der Waals surface area contributed by atoms with Gasteiger partial charge in [-0.3, -0.25) is 14.5 Å². The topological polar surface area (TPSA) is 65.5 Å². The number of piperazine rings is 1. The summed E-state index contributed by atoms with van der Waals surface area (Å²) in [5.41, 5.74) is 1.14. The van der Waals surface area contributed by atoms with Crippen molar-refractivity contribution in [3.8, 4) is 0 Å². The molecule has 7 heteroatoms. The molecule has 0 atom stereocenters. The molecular formula is C13H18N4O2S. The van der Waals surface area contributed by atoms with Gasteiger partial charge < -0.3 is 10.2 Å². The SMILES string of the molecule is CN1CCN(CC(=O)Nc2nc3c(s2)CCC3)CC1=O. The molecule has 1 aromatic rings. The molecule has 1 fully saturated rings. The molecule has 1 aromatic heterocycles. The highest BCUT2D eigenvalue weighted by atomic mass is 32.1. The third-order valence-corrected chi connectivity index (χ3v) is 4.82. The van der Waals surface area contributed by atoms with Crippen LogP contribution in [0.3, 0.4) is 0 Å². The van der Waals surface area contributed by atoms with E-state index in [1.807, 2.05) is 4.90 Å². The quantitative estimate of drug-likeness (QED) is 0.873. The van der Waals surface area contributed by atoms with Gasteiger partial charge in [-0.05, 0) is 19.3 Å². The van der Waals surface area contributed by atoms with E-state index < -0.39 is 0 Å². The van der Waals surface area contributed by atoms with E-state index in [1.54, 1.807) is 23.3 Å². The second kappa shape index (κ2) is 5.49. The third kappa shape index (κ3) is 2.83. The van der Waals surface area contributed by atoms with Gasteiger partial charge in [0.15, 0.2) is 5.13 Å². The predicted molar refractivity (Wildman–Crippen MR) is 76.8 cm³/mol. The molecule has 2 amide bonds. The summed E-state index contributed by atoms with van der Waals surface area (Å²) in [5, 5.41) is 3.54. The fraction of sp³-hybridized carbons (Fsp3) is 0.615. The van der Waals surface area contributed by atoms with Crippen LogP contribution in [-0.4, -0.2) is 59.8 Å². The highest BCUT2D eigenvalue weighted by Crippen LogP contribution is 2.30. The number of hydrogen-bond acceptors (Lipinski definition) is 5. The molecule has 1 saturated heterocycles. The predicted octanol–water partition coefficient (Wildman–Crippen LogP) is 0.344. The summed E-state index contributed by atoms with van der Waals surface area (Å²) in [6.07, 6.45) is 3.27. The number of likely N-dealkylation sites (N-methyl/N-ethyl adjacent to an activating group) is 1. The fourth-order valence-electron chi connectivity index (χ4n) is 2.55. The number of aryl methyl sites for hydroxylation is 2. The normalized spacial score (nSPS) is 19.2. The minimum Gasteiger partial charge on any atom is -0.343 e. The average Bonchev–Trinajstić information content (AvgIpc) is 2.94. The van der Waals surface area contributed by atoms with Crippen LogP contribution in [0.2, 0.25) is 0 Å². The molecule has 6 nitrogen and oxygen atoms in total. The Morgan fingerprint density at radius 2 is 2.25 bits per heavy atom. The second-order valence-electron chi connectivity index (χ2n) is 5.32. The zero-order valence-corrected chi connectivity index (χ0v) is 12.3. The number of amides is 2. The maximum Gasteiger partial charge on any atom is 0.240 e. The zero-order chi connectivity index (χ0) is 14.1. The summed E-state index contributed by atoms with van der Waals surface area (Å²) in [6.45, 7) is 1.99. The van der Waals surface area contributed by atoms with E-state index in [1.165, 1.54) is 11.3 Å². The fourth-order valence-corrected chi connectivity index (χ4v) is 3.61. The van der Waals surface area contributed by atoms with Crippen molar-refractivity contribution >= 4 is 28.3 Å². The van der Waals surface area contributed by atoms with Gasteiger partial charge in [0, 0.05) is 25.0 Å². The molecule has 1 aliphatic carbocycles. The average molecular weight is 294 g/mol. The highest BCUT2D eigenvalue weighted by molar-refractivity contribution is 7.15. The molecular weight excluding hydrogens is 276 g/mol. The van der Waals surface area contributed by atoms with Crippen molar-refractivity contribution in [2.75, 3.05) is 38.5 Å². The molecule has 2 aliphatic rings. The van der Waals surface area contributed by atoms with Gasteiger partial charge in [0.1, 0.15) is 0 Å². The Morgan fingerprint density at radius 3 is 3.00 bits per heavy atom. The number of carbonyl (C=O) groups excluding carboxylic acids is 2. The molecule has 0 aromatic carbocycles. The van der Waals surface area contributed by atoms with Gasteiger partial charge in [-0.25, -0.2) is 4.98 Å². The smallest absolute Gasteiger partial charge is 0.240 e. The molecule has 0 radical (unpaired) electrons. The lowest BCUT2D eigenvalue weighted by atomic mass is 10.3. The van der Waals surface area contributed by atoms with Crippen molar-refractivity contribution in [2.24, 2.45) is 0 Å². The molecule has 1 aliphatic heterocycles. The lowest BCUT2D eigenvalue weighted by Gasteiger charge is -2.31. The number of anilines is 1. The van der Waals surface area contributed by atoms with E-state index in [4.69, 9.17) is 0 Å². The lowest BCUT2D eigenvalue weighted by Crippen LogP contribution is -2.50. The van der Waals surface area contributed by atoms with E-state index in [0.717, 1.165) is 25.1 Å². The summed E-state index contributed by atoms with van der Waals surface area (Å²) in [7, 11) is 1.79. The van der Waals surface area contributed by atoms with Crippen LogP contribution in [0, 0.1) is 0 Å². The molecule has 3 rings (SSSR count). The van der Waals surface area contributed by atoms with Gasteiger partial charge in [0.25, 0.3) is 0 Å². The maximum atomic E-state index is 12.0. The Kier molecular flexibility index (Phi) is 3.71. The summed E-state index contributed by atoms with van der Waals surface area (Å²) in [6, 6.07) is 0. The number of nitrogens with one attached hydrogen (secondary N) is 1. The first-order chi connectivity index (χ1) is 9.61. The van der Waals surface area contributed by atoms with Crippen molar-refractivity contribution in [1.29, 1.82) is 0 Å². The molecule has 20 heavy (non-hydrogen) atoms. The minimum atomic E-state index is -0.0882. The van der Waals surface area contributed by atoms with E-state index in [9.17, 15) is 9.59 Å². The van der Waals surface area contributed by atoms with Gasteiger partial charge >= 0.3 is 0 Å². The Morgan fingerprint density at radius 1 is 1.40 bits per heavy atom. The molecule has 0 saturated carbocycles. The van der Waals surface area contributed by atoms with Crippen LogP contribution < -0.4 is 5.32 Å². The Hall–Kier alpha value is -1.47. The maximum absolute atomic E-state index is 12.0. The summed E-state index contributed by atoms with van der Waals surface area (Å²) in [4.78, 5) is 32.9. The van der Waals surface area contributed by atoms with Crippen molar-refractivity contribution in [2.45, 2.75) is 19.3 Å². The van der Waals surface area contributed by atoms with Crippen molar-refractivity contribution in [3.63, 3.8) is 0 Å². The van der Waals surface area contributed by atoms with Crippen LogP contribution in [0.5, 0.6) is 0 Å². The Balaban J connectivity index is 1.53. The van der Waals surface area contributed by atoms with E-state index in [0.29, 0.717) is 18.2 Å². The third-order valence-electron chi connectivity index (χ3n) is 3.75. The zero-order valence-electron chi connectivity index (χ0n) is 11.5. The molecule has 0 unspecified atom stereocenters. The number of aromatic nitrogens is 1. The number of hydrogen-bond donors (Lipinski definition) is 1. The first-order valence-corrected chi connectivity index (χ1v) is 7.68. The molecule has 1 N–H and O–H groups in total. The number of thiazole rings is 1. The van der Waals surface area contributed by atoms with Crippen molar-refractivity contribution in [1.82, 2.24) is 14.8 Å². The standard InChI is InChI=1S/C13H18N4O2S/c1-16-5-6-17(8-12(16)19)7-11(18)15-13-14-9-3-2-4-10(9)20-13/h2-8H2,1H3,(H,14,15,18). The first kappa shape index (κ1) is 13.5. The summed E-state index contributed by atoms with van der Waals surface area (Å²) < 4.78 is 0. The van der Waals surface area contributed by atoms with Gasteiger partial charge in [-0.15, -0.1) is 11.3 Å². The number of fused-ring (bicyclic) bond motifs is 1. The summed E-state index contributed by atoms with van der Waals surface area (Å²) in [5.74, 6) is -0.0212. The molecule has 0 spiro atoms. The van der Waals surface area contributed by atoms with Crippen LogP contribution in [0.25, 0.3) is 0 Å². The van der Waals surface area contributed by atoms with Crippen molar-refractivity contribution < 1.29 is 9.59 Å². The number of nitrogens with zero attached hydrogens (tertiary/aromatic N) is 3. The Labute approximate surface area is 121 Å². The van der Waals surface area contributed by atoms with Crippen LogP contribution in [0.4, 0.5) is 5.13 Å². The van der Waals surface area contributed by atoms with Gasteiger partial charge in [0.05, 0.1) is 18.8 Å². The van der Waals surface area contributed by atoms with E-state index >= 15 is 0 Å². The molecule has 2 heterocycles. The Bertz CT molecular complexity index is 521. The van der Waals surface area contributed by atoms with Gasteiger partial charge in [-0.2, -0.15) is 0 Å². The van der Waals surface area contributed by atoms with Gasteiger partial charge in [-0.1, -0.05) is 0 Å². The van der Waals surface area contributed by atoms with Crippen molar-refractivity contribution in [3.05, 3.63) is 10.6 Å². The van der Waals surface area contributed by atoms with Crippen LogP contribution in [-0.2, 0) is 22.4 Å². The number of carbonyl (C=O) groups is 2. The monoisotopic (exact) mass is 294 g/mol. The van der Waals surface area contributed by atoms with Crippen LogP contribution >= 0.6 is 11.3 Å². The van der Waals surface area contributed by atoms with Crippen LogP contribution in [0.1, 0.15) is 17.0 Å². The lowest BCUT2D eigenvalue weighted by molar-refractivity contribution is -0.135. The largest absolute Gasteiger partial charge is 0.343 e. The second-order valence-corrected chi connectivity index (χ2v) is 6.40. The molecule has 0 bridgehead atoms. The summed E-state index contributed by atoms with van der Waals surface area (Å²) >= 11 is 1.58. The van der Waals surface area contributed by atoms with Crippen LogP contribution in [0.15, 0.2) is 0 Å². The minimum absolute atomic E-state index is 0.0669. The van der Waals surface area contributed by atoms with E-state index in [2.05, 4.69) is 10.3 Å². The highest BCUT2D eigenvalue weighted by Gasteiger charge is 2.23. The van der Waals surface area contributed by atoms with Gasteiger partial charge in [0.2, 0.25) is 11.8 Å². The number of rotatable bonds is 3. The first-order valence-electron chi connectivity index (χ1n) is 6.86.